The van der Waals surface area contributed by atoms with Crippen LogP contribution in [0.1, 0.15) is 44.1 Å². The second-order valence-corrected chi connectivity index (χ2v) is 12.6. The van der Waals surface area contributed by atoms with Gasteiger partial charge in [-0.25, -0.2) is 9.29 Å². The third-order valence-electron chi connectivity index (χ3n) is 9.88. The van der Waals surface area contributed by atoms with Crippen LogP contribution in [-0.4, -0.2) is 64.5 Å². The topological polar surface area (TPSA) is 142 Å². The van der Waals surface area contributed by atoms with Crippen molar-refractivity contribution in [1.29, 1.82) is 0 Å². The summed E-state index contributed by atoms with van der Waals surface area (Å²) in [6.45, 7) is 1.44. The van der Waals surface area contributed by atoms with E-state index in [4.69, 9.17) is 21.4 Å². The predicted octanol–water partition coefficient (Wildman–Crippen LogP) is 3.95. The summed E-state index contributed by atoms with van der Waals surface area (Å²) >= 11 is 6.05. The maximum atomic E-state index is 14.5. The number of hydrogen-bond acceptors (Lipinski definition) is 7. The standard InChI is InChI=1S/C33H32ClFN2O8/c1-33-22(30(42)37(32(33)44)17-8-11-24(35)23(34)15-17)16-21-18(28(33)19-5-2-3-6-25(19)45-14-13-38)9-10-20-27(21)31(43)36(29(20)41)12-4-7-26(39)40/h2-3,5-6,8-9,11,15,20-22,27-28,38H,4,7,10,12-14,16H2,1H3,(H,39,40). The number of anilines is 1. The summed E-state index contributed by atoms with van der Waals surface area (Å²) in [5.41, 5.74) is 0.132. The van der Waals surface area contributed by atoms with Gasteiger partial charge in [-0.2, -0.15) is 0 Å². The summed E-state index contributed by atoms with van der Waals surface area (Å²) in [7, 11) is 0. The minimum absolute atomic E-state index is 0.0115. The smallest absolute Gasteiger partial charge is 0.303 e. The van der Waals surface area contributed by atoms with Crippen molar-refractivity contribution >= 4 is 46.9 Å². The third-order valence-corrected chi connectivity index (χ3v) is 10.2. The highest BCUT2D eigenvalue weighted by atomic mass is 35.5. The lowest BCUT2D eigenvalue weighted by atomic mass is 9.51. The average Bonchev–Trinajstić information content (AvgIpc) is 3.37. The van der Waals surface area contributed by atoms with Crippen molar-refractivity contribution in [3.8, 4) is 5.75 Å². The molecule has 6 unspecified atom stereocenters. The maximum absolute atomic E-state index is 14.5. The number of imide groups is 2. The molecule has 3 fully saturated rings. The molecule has 4 amide bonds. The lowest BCUT2D eigenvalue weighted by Crippen LogP contribution is -2.49. The van der Waals surface area contributed by atoms with E-state index in [0.717, 1.165) is 21.4 Å². The fraction of sp³-hybridized carbons (Fsp3) is 0.424. The molecule has 10 nitrogen and oxygen atoms in total. The van der Waals surface area contributed by atoms with Gasteiger partial charge in [0.2, 0.25) is 23.6 Å². The van der Waals surface area contributed by atoms with Gasteiger partial charge < -0.3 is 14.9 Å². The molecule has 0 radical (unpaired) electrons. The van der Waals surface area contributed by atoms with Gasteiger partial charge in [0.15, 0.2) is 0 Å². The van der Waals surface area contributed by atoms with E-state index in [1.165, 1.54) is 12.1 Å². The number of halogens is 2. The fourth-order valence-corrected chi connectivity index (χ4v) is 8.08. The Morgan fingerprint density at radius 1 is 1.09 bits per heavy atom. The van der Waals surface area contributed by atoms with E-state index in [-0.39, 0.29) is 62.1 Å². The molecule has 12 heteroatoms. The summed E-state index contributed by atoms with van der Waals surface area (Å²) in [6, 6.07) is 10.7. The zero-order valence-electron chi connectivity index (χ0n) is 24.4. The second kappa shape index (κ2) is 11.7. The quantitative estimate of drug-likeness (QED) is 0.311. The Kier molecular flexibility index (Phi) is 8.03. The average molecular weight is 639 g/mol. The first-order chi connectivity index (χ1) is 21.5. The van der Waals surface area contributed by atoms with Crippen LogP contribution in [-0.2, 0) is 24.0 Å². The number of fused-ring (bicyclic) bond motifs is 4. The lowest BCUT2D eigenvalue weighted by Gasteiger charge is -2.49. The van der Waals surface area contributed by atoms with Crippen LogP contribution >= 0.6 is 11.6 Å². The fourth-order valence-electron chi connectivity index (χ4n) is 7.91. The van der Waals surface area contributed by atoms with E-state index in [0.29, 0.717) is 11.3 Å². The summed E-state index contributed by atoms with van der Waals surface area (Å²) in [5, 5.41) is 18.3. The first-order valence-corrected chi connectivity index (χ1v) is 15.3. The van der Waals surface area contributed by atoms with Gasteiger partial charge in [-0.15, -0.1) is 0 Å². The molecule has 6 rings (SSSR count). The molecule has 0 spiro atoms. The number of carbonyl (C=O) groups excluding carboxylic acids is 4. The second-order valence-electron chi connectivity index (χ2n) is 12.2. The van der Waals surface area contributed by atoms with Gasteiger partial charge >= 0.3 is 5.97 Å². The van der Waals surface area contributed by atoms with Crippen LogP contribution in [0.4, 0.5) is 10.1 Å². The number of aliphatic carboxylic acids is 1. The van der Waals surface area contributed by atoms with E-state index in [2.05, 4.69) is 0 Å². The van der Waals surface area contributed by atoms with Crippen LogP contribution in [0.25, 0.3) is 0 Å². The first kappa shape index (κ1) is 30.9. The minimum Gasteiger partial charge on any atom is -0.491 e. The van der Waals surface area contributed by atoms with Gasteiger partial charge in [0, 0.05) is 24.4 Å². The molecular formula is C33H32ClFN2O8. The highest BCUT2D eigenvalue weighted by Gasteiger charge is 2.67. The Balaban J connectivity index is 1.47. The summed E-state index contributed by atoms with van der Waals surface area (Å²) < 4.78 is 20.0. The van der Waals surface area contributed by atoms with Crippen molar-refractivity contribution in [3.63, 3.8) is 0 Å². The number of amides is 4. The number of benzene rings is 2. The molecule has 2 aromatic rings. The van der Waals surface area contributed by atoms with Crippen LogP contribution in [0, 0.1) is 34.9 Å². The SMILES string of the molecule is CC12C(=O)N(c3ccc(F)c(Cl)c3)C(=O)C1CC1C(=CCC3C(=O)N(CCCC(=O)O)C(=O)C31)C2c1ccccc1OCCO. The van der Waals surface area contributed by atoms with Gasteiger partial charge in [0.25, 0.3) is 0 Å². The lowest BCUT2D eigenvalue weighted by molar-refractivity contribution is -0.142. The Bertz CT molecular complexity index is 1640. The molecule has 2 saturated heterocycles. The van der Waals surface area contributed by atoms with Crippen molar-refractivity contribution in [1.82, 2.24) is 4.90 Å². The van der Waals surface area contributed by atoms with E-state index >= 15 is 0 Å². The van der Waals surface area contributed by atoms with Crippen LogP contribution in [0.2, 0.25) is 5.02 Å². The highest BCUT2D eigenvalue weighted by molar-refractivity contribution is 6.31. The number of para-hydroxylation sites is 1. The number of hydrogen-bond donors (Lipinski definition) is 2. The monoisotopic (exact) mass is 638 g/mol. The van der Waals surface area contributed by atoms with Crippen molar-refractivity contribution in [2.45, 2.75) is 38.5 Å². The van der Waals surface area contributed by atoms with Gasteiger partial charge in [0.05, 0.1) is 40.5 Å². The van der Waals surface area contributed by atoms with Crippen LogP contribution < -0.4 is 9.64 Å². The molecular weight excluding hydrogens is 607 g/mol. The number of rotatable bonds is 9. The van der Waals surface area contributed by atoms with Gasteiger partial charge in [-0.3, -0.25) is 28.9 Å². The van der Waals surface area contributed by atoms with Gasteiger partial charge in [-0.1, -0.05) is 41.4 Å². The van der Waals surface area contributed by atoms with Crippen molar-refractivity contribution in [2.24, 2.45) is 29.1 Å². The number of carbonyl (C=O) groups is 5. The molecule has 4 aliphatic rings. The van der Waals surface area contributed by atoms with Crippen LogP contribution in [0.5, 0.6) is 5.75 Å². The zero-order chi connectivity index (χ0) is 32.2. The summed E-state index contributed by atoms with van der Waals surface area (Å²) in [4.78, 5) is 69.3. The Labute approximate surface area is 263 Å². The van der Waals surface area contributed by atoms with E-state index in [1.54, 1.807) is 31.2 Å². The van der Waals surface area contributed by atoms with E-state index < -0.39 is 64.5 Å². The molecule has 1 saturated carbocycles. The molecule has 236 valence electrons. The number of carboxylic acids is 1. The Hall–Kier alpha value is -4.09. The molecule has 2 aromatic carbocycles. The third kappa shape index (κ3) is 4.84. The first-order valence-electron chi connectivity index (χ1n) is 14.9. The molecule has 45 heavy (non-hydrogen) atoms. The van der Waals surface area contributed by atoms with Gasteiger partial charge in [-0.05, 0) is 56.4 Å². The summed E-state index contributed by atoms with van der Waals surface area (Å²) in [6.07, 6.45) is 2.21. The largest absolute Gasteiger partial charge is 0.491 e. The Morgan fingerprint density at radius 2 is 1.84 bits per heavy atom. The number of ether oxygens (including phenoxy) is 1. The molecule has 2 aliphatic carbocycles. The summed E-state index contributed by atoms with van der Waals surface area (Å²) in [5.74, 6) is -6.76. The zero-order valence-corrected chi connectivity index (χ0v) is 25.2. The van der Waals surface area contributed by atoms with Crippen molar-refractivity contribution in [2.75, 3.05) is 24.7 Å². The van der Waals surface area contributed by atoms with E-state index in [1.807, 2.05) is 6.08 Å². The normalized spacial score (nSPS) is 29.0. The van der Waals surface area contributed by atoms with Gasteiger partial charge in [0.1, 0.15) is 18.2 Å². The number of allylic oxidation sites excluding steroid dienone is 2. The van der Waals surface area contributed by atoms with E-state index in [9.17, 15) is 33.5 Å². The van der Waals surface area contributed by atoms with Crippen molar-refractivity contribution < 1.29 is 43.3 Å². The number of aliphatic hydroxyl groups excluding tert-OH is 1. The predicted molar refractivity (Wildman–Crippen MR) is 159 cm³/mol. The minimum atomic E-state index is -1.35. The van der Waals surface area contributed by atoms with Crippen LogP contribution in [0.15, 0.2) is 54.1 Å². The number of nitrogens with zero attached hydrogens (tertiary/aromatic N) is 2. The number of aliphatic hydroxyl groups is 1. The highest BCUT2D eigenvalue weighted by Crippen LogP contribution is 2.64. The molecule has 6 atom stereocenters. The van der Waals surface area contributed by atoms with Crippen LogP contribution in [0.3, 0.4) is 0 Å². The Morgan fingerprint density at radius 3 is 2.56 bits per heavy atom. The number of likely N-dealkylation sites (tertiary alicyclic amines) is 1. The molecule has 2 N–H and O–H groups in total. The molecule has 0 aromatic heterocycles. The molecule has 0 bridgehead atoms. The van der Waals surface area contributed by atoms with Crippen molar-refractivity contribution in [3.05, 3.63) is 70.5 Å². The number of carboxylic acid groups (broad SMARTS) is 1. The molecule has 2 aliphatic heterocycles. The maximum Gasteiger partial charge on any atom is 0.303 e. The molecule has 2 heterocycles.